The van der Waals surface area contributed by atoms with Gasteiger partial charge in [-0.2, -0.15) is 0 Å². The zero-order valence-electron chi connectivity index (χ0n) is 17.7. The van der Waals surface area contributed by atoms with Gasteiger partial charge in [-0.3, -0.25) is 14.5 Å². The molecule has 6 nitrogen and oxygen atoms in total. The SMILES string of the molecule is CCS(=O)(=O)Nc1cc2c(cc1F)C(c1ccc(F)cc1)=N[C@@H](C)c1cc(=O)n(C)cc1-2. The van der Waals surface area contributed by atoms with Crippen molar-refractivity contribution in [3.05, 3.63) is 87.3 Å². The summed E-state index contributed by atoms with van der Waals surface area (Å²) in [5.74, 6) is -1.40. The number of halogens is 2. The Bertz CT molecular complexity index is 1410. The highest BCUT2D eigenvalue weighted by Gasteiger charge is 2.26. The lowest BCUT2D eigenvalue weighted by Gasteiger charge is -2.16. The van der Waals surface area contributed by atoms with Crippen molar-refractivity contribution in [3.8, 4) is 11.1 Å². The maximum absolute atomic E-state index is 15.0. The van der Waals surface area contributed by atoms with Gasteiger partial charge < -0.3 is 4.57 Å². The van der Waals surface area contributed by atoms with E-state index >= 15 is 4.39 Å². The minimum Gasteiger partial charge on any atom is -0.318 e. The number of nitrogens with one attached hydrogen (secondary N) is 1. The monoisotopic (exact) mass is 457 g/mol. The number of rotatable bonds is 4. The van der Waals surface area contributed by atoms with E-state index in [-0.39, 0.29) is 17.0 Å². The van der Waals surface area contributed by atoms with Crippen LogP contribution in [0.4, 0.5) is 14.5 Å². The molecule has 0 fully saturated rings. The van der Waals surface area contributed by atoms with Gasteiger partial charge in [0.2, 0.25) is 10.0 Å². The van der Waals surface area contributed by atoms with Crippen molar-refractivity contribution in [2.24, 2.45) is 12.0 Å². The fourth-order valence-corrected chi connectivity index (χ4v) is 4.33. The molecule has 0 bridgehead atoms. The average molecular weight is 458 g/mol. The van der Waals surface area contributed by atoms with Crippen molar-refractivity contribution < 1.29 is 17.2 Å². The molecule has 1 aromatic heterocycles. The van der Waals surface area contributed by atoms with Crippen molar-refractivity contribution >= 4 is 21.4 Å². The predicted molar refractivity (Wildman–Crippen MR) is 121 cm³/mol. The molecule has 0 spiro atoms. The van der Waals surface area contributed by atoms with Gasteiger partial charge in [-0.1, -0.05) is 0 Å². The summed E-state index contributed by atoms with van der Waals surface area (Å²) in [6.07, 6.45) is 1.63. The second kappa shape index (κ2) is 7.98. The van der Waals surface area contributed by atoms with E-state index in [1.165, 1.54) is 41.8 Å². The van der Waals surface area contributed by atoms with Crippen LogP contribution in [-0.4, -0.2) is 24.4 Å². The first-order chi connectivity index (χ1) is 15.1. The lowest BCUT2D eigenvalue weighted by atomic mass is 9.91. The Morgan fingerprint density at radius 1 is 1.06 bits per heavy atom. The first-order valence-corrected chi connectivity index (χ1v) is 11.6. The highest BCUT2D eigenvalue weighted by molar-refractivity contribution is 7.92. The molecular weight excluding hydrogens is 436 g/mol. The molecule has 1 atom stereocenters. The molecule has 0 radical (unpaired) electrons. The minimum absolute atomic E-state index is 0.196. The van der Waals surface area contributed by atoms with Gasteiger partial charge in [-0.25, -0.2) is 17.2 Å². The molecule has 9 heteroatoms. The third kappa shape index (κ3) is 3.95. The molecule has 1 aliphatic rings. The van der Waals surface area contributed by atoms with Gasteiger partial charge in [-0.05, 0) is 61.4 Å². The Balaban J connectivity index is 2.04. The van der Waals surface area contributed by atoms with Gasteiger partial charge in [0.05, 0.1) is 23.2 Å². The molecule has 32 heavy (non-hydrogen) atoms. The zero-order chi connectivity index (χ0) is 23.2. The lowest BCUT2D eigenvalue weighted by molar-refractivity contribution is 0.599. The molecular formula is C23H21F2N3O3S. The summed E-state index contributed by atoms with van der Waals surface area (Å²) < 4.78 is 56.4. The van der Waals surface area contributed by atoms with E-state index in [1.807, 2.05) is 6.92 Å². The van der Waals surface area contributed by atoms with E-state index in [4.69, 9.17) is 4.99 Å². The third-order valence-corrected chi connectivity index (χ3v) is 6.74. The molecule has 2 heterocycles. The summed E-state index contributed by atoms with van der Waals surface area (Å²) >= 11 is 0. The van der Waals surface area contributed by atoms with Gasteiger partial charge in [0.1, 0.15) is 11.6 Å². The number of aromatic nitrogens is 1. The first kappa shape index (κ1) is 21.9. The van der Waals surface area contributed by atoms with Crippen molar-refractivity contribution in [1.82, 2.24) is 4.57 Å². The van der Waals surface area contributed by atoms with E-state index in [9.17, 15) is 17.6 Å². The van der Waals surface area contributed by atoms with Crippen molar-refractivity contribution in [2.75, 3.05) is 10.5 Å². The molecule has 3 aromatic rings. The average Bonchev–Trinajstić information content (AvgIpc) is 2.85. The fraction of sp³-hybridized carbons (Fsp3) is 0.217. The highest BCUT2D eigenvalue weighted by Crippen LogP contribution is 2.39. The number of aryl methyl sites for hydroxylation is 1. The Labute approximate surface area is 184 Å². The number of nitrogens with zero attached hydrogens (tertiary/aromatic N) is 2. The number of pyridine rings is 1. The lowest BCUT2D eigenvalue weighted by Crippen LogP contribution is -2.18. The minimum atomic E-state index is -3.72. The van der Waals surface area contributed by atoms with Crippen LogP contribution in [-0.2, 0) is 17.1 Å². The molecule has 0 amide bonds. The van der Waals surface area contributed by atoms with E-state index in [2.05, 4.69) is 4.72 Å². The molecule has 4 rings (SSSR count). The van der Waals surface area contributed by atoms with Crippen LogP contribution in [0.15, 0.2) is 58.4 Å². The van der Waals surface area contributed by atoms with Crippen LogP contribution in [0.3, 0.4) is 0 Å². The van der Waals surface area contributed by atoms with Gasteiger partial charge in [0.15, 0.2) is 0 Å². The van der Waals surface area contributed by atoms with Crippen molar-refractivity contribution in [3.63, 3.8) is 0 Å². The molecule has 0 saturated heterocycles. The van der Waals surface area contributed by atoms with Crippen LogP contribution in [0, 0.1) is 11.6 Å². The van der Waals surface area contributed by atoms with Crippen LogP contribution in [0.5, 0.6) is 0 Å². The fourth-order valence-electron chi connectivity index (χ4n) is 3.70. The Hall–Kier alpha value is -3.33. The topological polar surface area (TPSA) is 80.5 Å². The smallest absolute Gasteiger partial charge is 0.250 e. The van der Waals surface area contributed by atoms with Crippen LogP contribution in [0.1, 0.15) is 36.6 Å². The number of fused-ring (bicyclic) bond motifs is 3. The molecule has 166 valence electrons. The standard InChI is InChI=1S/C23H21F2N3O3S/c1-4-32(30,31)27-21-10-17-18(9-20(21)25)23(14-5-7-15(24)8-6-14)26-13(2)16-11-22(29)28(3)12-19(16)17/h5-13,27H,4H2,1-3H3/t13-/m0/s1. The van der Waals surface area contributed by atoms with Crippen molar-refractivity contribution in [2.45, 2.75) is 19.9 Å². The molecule has 0 saturated carbocycles. The number of anilines is 1. The largest absolute Gasteiger partial charge is 0.318 e. The molecule has 2 aromatic carbocycles. The summed E-state index contributed by atoms with van der Waals surface area (Å²) in [6.45, 7) is 3.26. The molecule has 0 unspecified atom stereocenters. The van der Waals surface area contributed by atoms with E-state index in [0.29, 0.717) is 33.5 Å². The Morgan fingerprint density at radius 2 is 1.75 bits per heavy atom. The van der Waals surface area contributed by atoms with Crippen LogP contribution >= 0.6 is 0 Å². The van der Waals surface area contributed by atoms with Crippen LogP contribution in [0.25, 0.3) is 11.1 Å². The number of hydrogen-bond acceptors (Lipinski definition) is 4. The third-order valence-electron chi connectivity index (χ3n) is 5.45. The normalized spacial score (nSPS) is 15.4. The van der Waals surface area contributed by atoms with Gasteiger partial charge in [0, 0.05) is 36.0 Å². The zero-order valence-corrected chi connectivity index (χ0v) is 18.5. The summed E-state index contributed by atoms with van der Waals surface area (Å²) in [5, 5.41) is 0. The molecule has 0 aliphatic carbocycles. The van der Waals surface area contributed by atoms with Gasteiger partial charge in [0.25, 0.3) is 5.56 Å². The van der Waals surface area contributed by atoms with Crippen molar-refractivity contribution in [1.29, 1.82) is 0 Å². The van der Waals surface area contributed by atoms with Gasteiger partial charge in [-0.15, -0.1) is 0 Å². The maximum atomic E-state index is 15.0. The number of hydrogen-bond donors (Lipinski definition) is 1. The van der Waals surface area contributed by atoms with Gasteiger partial charge >= 0.3 is 0 Å². The second-order valence-electron chi connectivity index (χ2n) is 7.64. The summed E-state index contributed by atoms with van der Waals surface area (Å²) in [6, 6.07) is 9.32. The second-order valence-corrected chi connectivity index (χ2v) is 9.65. The predicted octanol–water partition coefficient (Wildman–Crippen LogP) is 4.00. The van der Waals surface area contributed by atoms with Crippen LogP contribution in [0.2, 0.25) is 0 Å². The highest BCUT2D eigenvalue weighted by atomic mass is 32.2. The summed E-state index contributed by atoms with van der Waals surface area (Å²) in [4.78, 5) is 17.1. The number of sulfonamides is 1. The Morgan fingerprint density at radius 3 is 2.41 bits per heavy atom. The summed E-state index contributed by atoms with van der Waals surface area (Å²) in [5.41, 5.74) is 2.75. The molecule has 1 N–H and O–H groups in total. The Kier molecular flexibility index (Phi) is 5.46. The first-order valence-electron chi connectivity index (χ1n) is 9.98. The number of aliphatic imine (C=N–C) groups is 1. The summed E-state index contributed by atoms with van der Waals surface area (Å²) in [7, 11) is -2.12. The quantitative estimate of drug-likeness (QED) is 0.643. The van der Waals surface area contributed by atoms with Crippen LogP contribution < -0.4 is 10.3 Å². The molecule has 1 aliphatic heterocycles. The maximum Gasteiger partial charge on any atom is 0.250 e. The van der Waals surface area contributed by atoms with E-state index in [0.717, 1.165) is 0 Å². The van der Waals surface area contributed by atoms with E-state index < -0.39 is 27.7 Å². The van der Waals surface area contributed by atoms with E-state index in [1.54, 1.807) is 25.4 Å². The number of benzene rings is 2.